The first-order valence-corrected chi connectivity index (χ1v) is 6.49. The third-order valence-electron chi connectivity index (χ3n) is 3.37. The van der Waals surface area contributed by atoms with Crippen molar-refractivity contribution in [2.24, 2.45) is 0 Å². The molecule has 0 aliphatic carbocycles. The summed E-state index contributed by atoms with van der Waals surface area (Å²) < 4.78 is 9.26. The molecule has 1 aromatic heterocycles. The predicted octanol–water partition coefficient (Wildman–Crippen LogP) is 0.385. The van der Waals surface area contributed by atoms with E-state index in [1.807, 2.05) is 4.90 Å². The predicted molar refractivity (Wildman–Crippen MR) is 76.1 cm³/mol. The van der Waals surface area contributed by atoms with Crippen LogP contribution in [0.4, 0.5) is 16.3 Å². The maximum atomic E-state index is 11.6. The zero-order chi connectivity index (χ0) is 15.4. The molecule has 8 nitrogen and oxygen atoms in total. The fraction of sp³-hybridized carbons (Fsp3) is 0.462. The van der Waals surface area contributed by atoms with E-state index in [0.29, 0.717) is 18.9 Å². The number of nitrogens with one attached hydrogen (secondary N) is 1. The number of nitrogens with zero attached hydrogens (tertiary/aromatic N) is 2. The molecule has 0 spiro atoms. The Kier molecular flexibility index (Phi) is 4.46. The van der Waals surface area contributed by atoms with Crippen molar-refractivity contribution in [3.05, 3.63) is 17.8 Å². The SMILES string of the molecule is COC(=O)NC1CCN(c2nccc(C(=O)OC)c2N)C1. The number of rotatable bonds is 3. The molecular weight excluding hydrogens is 276 g/mol. The molecule has 2 heterocycles. The van der Waals surface area contributed by atoms with E-state index in [1.165, 1.54) is 26.5 Å². The van der Waals surface area contributed by atoms with E-state index in [0.717, 1.165) is 6.42 Å². The number of esters is 1. The second-order valence-electron chi connectivity index (χ2n) is 4.65. The van der Waals surface area contributed by atoms with E-state index in [-0.39, 0.29) is 17.3 Å². The molecule has 1 aromatic rings. The van der Waals surface area contributed by atoms with Crippen LogP contribution in [0.1, 0.15) is 16.8 Å². The van der Waals surface area contributed by atoms with Crippen molar-refractivity contribution >= 4 is 23.6 Å². The summed E-state index contributed by atoms with van der Waals surface area (Å²) in [7, 11) is 2.62. The van der Waals surface area contributed by atoms with Crippen molar-refractivity contribution in [1.82, 2.24) is 10.3 Å². The molecule has 1 saturated heterocycles. The molecule has 1 fully saturated rings. The lowest BCUT2D eigenvalue weighted by molar-refractivity contribution is 0.0602. The number of anilines is 2. The van der Waals surface area contributed by atoms with E-state index < -0.39 is 12.1 Å². The Morgan fingerprint density at radius 1 is 1.43 bits per heavy atom. The van der Waals surface area contributed by atoms with Crippen LogP contribution in [-0.2, 0) is 9.47 Å². The van der Waals surface area contributed by atoms with Crippen LogP contribution < -0.4 is 16.0 Å². The van der Waals surface area contributed by atoms with E-state index in [9.17, 15) is 9.59 Å². The largest absolute Gasteiger partial charge is 0.465 e. The Labute approximate surface area is 122 Å². The topological polar surface area (TPSA) is 107 Å². The third kappa shape index (κ3) is 3.15. The van der Waals surface area contributed by atoms with Crippen molar-refractivity contribution < 1.29 is 19.1 Å². The maximum absolute atomic E-state index is 11.6. The average molecular weight is 294 g/mol. The van der Waals surface area contributed by atoms with Crippen molar-refractivity contribution in [2.45, 2.75) is 12.5 Å². The first kappa shape index (κ1) is 14.9. The van der Waals surface area contributed by atoms with Gasteiger partial charge in [0.1, 0.15) is 0 Å². The van der Waals surface area contributed by atoms with Gasteiger partial charge in [0.05, 0.1) is 31.5 Å². The summed E-state index contributed by atoms with van der Waals surface area (Å²) in [5, 5.41) is 2.73. The second kappa shape index (κ2) is 6.29. The van der Waals surface area contributed by atoms with E-state index in [2.05, 4.69) is 19.8 Å². The third-order valence-corrected chi connectivity index (χ3v) is 3.37. The van der Waals surface area contributed by atoms with Gasteiger partial charge in [-0.25, -0.2) is 14.6 Å². The molecule has 1 unspecified atom stereocenters. The van der Waals surface area contributed by atoms with Crippen molar-refractivity contribution in [1.29, 1.82) is 0 Å². The smallest absolute Gasteiger partial charge is 0.407 e. The molecule has 0 saturated carbocycles. The number of carbonyl (C=O) groups is 2. The monoisotopic (exact) mass is 294 g/mol. The molecule has 3 N–H and O–H groups in total. The Morgan fingerprint density at radius 3 is 2.86 bits per heavy atom. The van der Waals surface area contributed by atoms with Gasteiger partial charge in [-0.2, -0.15) is 0 Å². The summed E-state index contributed by atoms with van der Waals surface area (Å²) >= 11 is 0. The lowest BCUT2D eigenvalue weighted by atomic mass is 10.2. The minimum atomic E-state index is -0.500. The van der Waals surface area contributed by atoms with Gasteiger partial charge in [0.25, 0.3) is 0 Å². The molecular formula is C13H18N4O4. The molecule has 21 heavy (non-hydrogen) atoms. The van der Waals surface area contributed by atoms with Crippen LogP contribution in [0.15, 0.2) is 12.3 Å². The molecule has 1 aliphatic heterocycles. The van der Waals surface area contributed by atoms with Crippen LogP contribution in [0.25, 0.3) is 0 Å². The summed E-state index contributed by atoms with van der Waals surface area (Å²) in [6.45, 7) is 1.23. The normalized spacial score (nSPS) is 17.4. The molecule has 2 rings (SSSR count). The Hall–Kier alpha value is -2.51. The molecule has 1 atom stereocenters. The first-order valence-electron chi connectivity index (χ1n) is 6.49. The molecule has 8 heteroatoms. The Balaban J connectivity index is 2.13. The highest BCUT2D eigenvalue weighted by atomic mass is 16.5. The highest BCUT2D eigenvalue weighted by Crippen LogP contribution is 2.27. The average Bonchev–Trinajstić information content (AvgIpc) is 2.94. The number of aromatic nitrogens is 1. The second-order valence-corrected chi connectivity index (χ2v) is 4.65. The number of methoxy groups -OCH3 is 2. The van der Waals surface area contributed by atoms with Gasteiger partial charge in [0, 0.05) is 19.3 Å². The molecule has 1 aliphatic rings. The quantitative estimate of drug-likeness (QED) is 0.776. The Morgan fingerprint density at radius 2 is 2.19 bits per heavy atom. The first-order chi connectivity index (χ1) is 10.1. The highest BCUT2D eigenvalue weighted by molar-refractivity contribution is 5.97. The summed E-state index contributed by atoms with van der Waals surface area (Å²) in [6.07, 6.45) is 1.80. The standard InChI is InChI=1S/C13H18N4O4/c1-20-12(18)9-3-5-15-11(10(9)14)17-6-4-8(7-17)16-13(19)21-2/h3,5,8H,4,6-7,14H2,1-2H3,(H,16,19). The van der Waals surface area contributed by atoms with Gasteiger partial charge in [-0.05, 0) is 12.5 Å². The lowest BCUT2D eigenvalue weighted by Crippen LogP contribution is -2.37. The molecule has 114 valence electrons. The molecule has 0 radical (unpaired) electrons. The number of alkyl carbamates (subject to hydrolysis) is 1. The van der Waals surface area contributed by atoms with E-state index in [1.54, 1.807) is 0 Å². The number of hydrogen-bond donors (Lipinski definition) is 2. The zero-order valence-electron chi connectivity index (χ0n) is 12.0. The van der Waals surface area contributed by atoms with Gasteiger partial charge in [-0.15, -0.1) is 0 Å². The number of hydrogen-bond acceptors (Lipinski definition) is 7. The van der Waals surface area contributed by atoms with Crippen LogP contribution in [0.3, 0.4) is 0 Å². The van der Waals surface area contributed by atoms with Gasteiger partial charge in [-0.3, -0.25) is 0 Å². The Bertz CT molecular complexity index is 549. The number of amides is 1. The maximum Gasteiger partial charge on any atom is 0.407 e. The van der Waals surface area contributed by atoms with Crippen LogP contribution in [-0.4, -0.2) is 50.4 Å². The lowest BCUT2D eigenvalue weighted by Gasteiger charge is -2.20. The minimum absolute atomic E-state index is 0.0413. The van der Waals surface area contributed by atoms with Crippen LogP contribution >= 0.6 is 0 Å². The summed E-state index contributed by atoms with van der Waals surface area (Å²) in [5.41, 5.74) is 6.56. The van der Waals surface area contributed by atoms with E-state index in [4.69, 9.17) is 5.73 Å². The van der Waals surface area contributed by atoms with E-state index >= 15 is 0 Å². The number of nitrogen functional groups attached to an aromatic ring is 1. The van der Waals surface area contributed by atoms with Crippen molar-refractivity contribution in [3.63, 3.8) is 0 Å². The van der Waals surface area contributed by atoms with Gasteiger partial charge < -0.3 is 25.4 Å². The zero-order valence-corrected chi connectivity index (χ0v) is 12.0. The van der Waals surface area contributed by atoms with Gasteiger partial charge in [-0.1, -0.05) is 0 Å². The minimum Gasteiger partial charge on any atom is -0.465 e. The van der Waals surface area contributed by atoms with Gasteiger partial charge in [0.15, 0.2) is 5.82 Å². The molecule has 0 bridgehead atoms. The fourth-order valence-corrected chi connectivity index (χ4v) is 2.30. The molecule has 0 aromatic carbocycles. The van der Waals surface area contributed by atoms with Crippen LogP contribution in [0, 0.1) is 0 Å². The number of ether oxygens (including phenoxy) is 2. The highest BCUT2D eigenvalue weighted by Gasteiger charge is 2.27. The summed E-state index contributed by atoms with van der Waals surface area (Å²) in [5.74, 6) is 0.0200. The fourth-order valence-electron chi connectivity index (χ4n) is 2.30. The van der Waals surface area contributed by atoms with Crippen molar-refractivity contribution in [2.75, 3.05) is 37.9 Å². The van der Waals surface area contributed by atoms with Crippen LogP contribution in [0.5, 0.6) is 0 Å². The number of nitrogens with two attached hydrogens (primary N) is 1. The molecule has 1 amide bonds. The van der Waals surface area contributed by atoms with Gasteiger partial charge in [0.2, 0.25) is 0 Å². The number of pyridine rings is 1. The number of carbonyl (C=O) groups excluding carboxylic acids is 2. The summed E-state index contributed by atoms with van der Waals surface area (Å²) in [4.78, 5) is 29.0. The summed E-state index contributed by atoms with van der Waals surface area (Å²) in [6, 6.07) is 1.48. The van der Waals surface area contributed by atoms with Gasteiger partial charge >= 0.3 is 12.1 Å². The van der Waals surface area contributed by atoms with Crippen LogP contribution in [0.2, 0.25) is 0 Å². The van der Waals surface area contributed by atoms with Crippen molar-refractivity contribution in [3.8, 4) is 0 Å².